The second-order valence-corrected chi connectivity index (χ2v) is 5.75. The summed E-state index contributed by atoms with van der Waals surface area (Å²) in [5, 5.41) is 10.0. The molecule has 5 atom stereocenters. The van der Waals surface area contributed by atoms with Gasteiger partial charge >= 0.3 is 0 Å². The summed E-state index contributed by atoms with van der Waals surface area (Å²) < 4.78 is 0. The normalized spacial score (nSPS) is 37.3. The van der Waals surface area contributed by atoms with Crippen molar-refractivity contribution in [2.45, 2.75) is 52.1 Å². The Labute approximate surface area is 218 Å². The molecule has 98 valence electrons. The molecule has 0 aromatic carbocycles. The SMILES string of the molecule is C[C@H](C=O)C1CC[C@H]2[C@@H](O)CCC[C@]12C.[Y].[Y].[Y].[Y]. The van der Waals surface area contributed by atoms with E-state index in [1.54, 1.807) is 0 Å². The minimum Gasteiger partial charge on any atom is -0.393 e. The van der Waals surface area contributed by atoms with Crippen LogP contribution in [0.15, 0.2) is 0 Å². The van der Waals surface area contributed by atoms with Gasteiger partial charge in [0.25, 0.3) is 0 Å². The van der Waals surface area contributed by atoms with Crippen molar-refractivity contribution in [2.24, 2.45) is 23.2 Å². The Balaban J connectivity index is -0.000000640. The van der Waals surface area contributed by atoms with Gasteiger partial charge in [0.2, 0.25) is 0 Å². The minimum absolute atomic E-state index is 0. The number of hydrogen-bond donors (Lipinski definition) is 1. The summed E-state index contributed by atoms with van der Waals surface area (Å²) in [6.45, 7) is 4.32. The second kappa shape index (κ2) is 12.4. The van der Waals surface area contributed by atoms with Crippen LogP contribution in [0.2, 0.25) is 0 Å². The van der Waals surface area contributed by atoms with E-state index in [9.17, 15) is 9.90 Å². The fraction of sp³-hybridized carbons (Fsp3) is 0.923. The van der Waals surface area contributed by atoms with Crippen LogP contribution < -0.4 is 0 Å². The molecule has 1 N–H and O–H groups in total. The molecule has 4 radical (unpaired) electrons. The average Bonchev–Trinajstić information content (AvgIpc) is 2.56. The first kappa shape index (κ1) is 27.9. The van der Waals surface area contributed by atoms with Crippen molar-refractivity contribution in [1.82, 2.24) is 0 Å². The zero-order valence-electron chi connectivity index (χ0n) is 12.1. The molecule has 2 fully saturated rings. The van der Waals surface area contributed by atoms with E-state index in [2.05, 4.69) is 6.92 Å². The molecule has 0 aliphatic heterocycles. The van der Waals surface area contributed by atoms with Gasteiger partial charge in [-0.3, -0.25) is 0 Å². The molecule has 6 heteroatoms. The van der Waals surface area contributed by atoms with Gasteiger partial charge in [-0.25, -0.2) is 0 Å². The van der Waals surface area contributed by atoms with E-state index in [0.717, 1.165) is 32.0 Å². The summed E-state index contributed by atoms with van der Waals surface area (Å²) in [6, 6.07) is 0. The van der Waals surface area contributed by atoms with Crippen molar-refractivity contribution in [3.05, 3.63) is 0 Å². The number of aliphatic hydroxyl groups is 1. The predicted octanol–water partition coefficient (Wildman–Crippen LogP) is 2.39. The first-order valence-electron chi connectivity index (χ1n) is 6.23. The first-order valence-corrected chi connectivity index (χ1v) is 6.23. The molecule has 0 bridgehead atoms. The molecule has 0 spiro atoms. The van der Waals surface area contributed by atoms with Crippen molar-refractivity contribution in [3.63, 3.8) is 0 Å². The predicted molar refractivity (Wildman–Crippen MR) is 59.4 cm³/mol. The summed E-state index contributed by atoms with van der Waals surface area (Å²) >= 11 is 0. The summed E-state index contributed by atoms with van der Waals surface area (Å²) in [5.74, 6) is 1.10. The van der Waals surface area contributed by atoms with E-state index in [1.165, 1.54) is 6.42 Å². The summed E-state index contributed by atoms with van der Waals surface area (Å²) in [7, 11) is 0. The maximum atomic E-state index is 10.9. The maximum absolute atomic E-state index is 10.9. The van der Waals surface area contributed by atoms with Gasteiger partial charge in [0.15, 0.2) is 0 Å². The molecule has 0 aromatic rings. The van der Waals surface area contributed by atoms with Gasteiger partial charge in [-0.15, -0.1) is 0 Å². The Kier molecular flexibility index (Phi) is 18.2. The number of aliphatic hydroxyl groups excluding tert-OH is 1. The van der Waals surface area contributed by atoms with Crippen LogP contribution in [0.3, 0.4) is 0 Å². The van der Waals surface area contributed by atoms with Crippen molar-refractivity contribution in [2.75, 3.05) is 0 Å². The number of aldehydes is 1. The molecule has 0 amide bonds. The monoisotopic (exact) mass is 566 g/mol. The Bertz CT molecular complexity index is 265. The number of fused-ring (bicyclic) bond motifs is 1. The maximum Gasteiger partial charge on any atom is 0.123 e. The standard InChI is InChI=1S/C13H22O2.4Y/c1-9(8-14)10-5-6-11-12(15)4-3-7-13(10,11)2;;;;/h8-12,15H,3-7H2,1-2H3;;;;/t9-,10?,11+,12+,13-;;;;/m1..../s1. The first-order chi connectivity index (χ1) is 7.09. The van der Waals surface area contributed by atoms with Crippen molar-refractivity contribution in [3.8, 4) is 0 Å². The molecular formula is C13H22O2Y4. The quantitative estimate of drug-likeness (QED) is 0.522. The molecule has 2 aliphatic rings. The van der Waals surface area contributed by atoms with E-state index in [0.29, 0.717) is 11.8 Å². The van der Waals surface area contributed by atoms with Crippen LogP contribution in [0.1, 0.15) is 46.0 Å². The van der Waals surface area contributed by atoms with Crippen molar-refractivity contribution in [1.29, 1.82) is 0 Å². The van der Waals surface area contributed by atoms with E-state index < -0.39 is 0 Å². The summed E-state index contributed by atoms with van der Waals surface area (Å²) in [4.78, 5) is 10.9. The third-order valence-corrected chi connectivity index (χ3v) is 5.01. The Morgan fingerprint density at radius 3 is 2.26 bits per heavy atom. The Hall–Kier alpha value is 4.05. The van der Waals surface area contributed by atoms with Crippen LogP contribution in [-0.2, 0) is 136 Å². The Morgan fingerprint density at radius 1 is 1.16 bits per heavy atom. The molecule has 1 unspecified atom stereocenters. The van der Waals surface area contributed by atoms with Crippen LogP contribution in [0.4, 0.5) is 0 Å². The molecule has 19 heavy (non-hydrogen) atoms. The number of carbonyl (C=O) groups excluding carboxylic acids is 1. The molecule has 0 saturated heterocycles. The van der Waals surface area contributed by atoms with Crippen LogP contribution in [0.5, 0.6) is 0 Å². The van der Waals surface area contributed by atoms with E-state index in [-0.39, 0.29) is 148 Å². The smallest absolute Gasteiger partial charge is 0.123 e. The van der Waals surface area contributed by atoms with Crippen molar-refractivity contribution >= 4 is 6.29 Å². The number of carbonyl (C=O) groups is 1. The molecule has 2 rings (SSSR count). The number of hydrogen-bond acceptors (Lipinski definition) is 2. The Morgan fingerprint density at radius 2 is 1.74 bits per heavy atom. The van der Waals surface area contributed by atoms with Crippen molar-refractivity contribution < 1.29 is 141 Å². The van der Waals surface area contributed by atoms with E-state index >= 15 is 0 Å². The minimum atomic E-state index is -0.118. The third-order valence-electron chi connectivity index (χ3n) is 5.01. The van der Waals surface area contributed by atoms with Crippen LogP contribution in [0, 0.1) is 23.2 Å². The van der Waals surface area contributed by atoms with Crippen LogP contribution >= 0.6 is 0 Å². The van der Waals surface area contributed by atoms with Gasteiger partial charge in [-0.2, -0.15) is 0 Å². The topological polar surface area (TPSA) is 37.3 Å². The zero-order valence-corrected chi connectivity index (χ0v) is 23.4. The molecule has 2 nitrogen and oxygen atoms in total. The van der Waals surface area contributed by atoms with Gasteiger partial charge in [-0.1, -0.05) is 20.3 Å². The van der Waals surface area contributed by atoms with E-state index in [1.807, 2.05) is 6.92 Å². The van der Waals surface area contributed by atoms with Gasteiger partial charge in [0, 0.05) is 137 Å². The summed E-state index contributed by atoms with van der Waals surface area (Å²) in [5.41, 5.74) is 0.220. The average molecular weight is 566 g/mol. The van der Waals surface area contributed by atoms with Gasteiger partial charge in [0.05, 0.1) is 6.10 Å². The molecule has 2 aliphatic carbocycles. The fourth-order valence-corrected chi connectivity index (χ4v) is 4.15. The molecule has 0 heterocycles. The number of rotatable bonds is 2. The van der Waals surface area contributed by atoms with Crippen LogP contribution in [0.25, 0.3) is 0 Å². The molecule has 2 saturated carbocycles. The second-order valence-electron chi connectivity index (χ2n) is 5.75. The molecular weight excluding hydrogens is 544 g/mol. The molecule has 0 aromatic heterocycles. The van der Waals surface area contributed by atoms with Crippen LogP contribution in [-0.4, -0.2) is 17.5 Å². The summed E-state index contributed by atoms with van der Waals surface area (Å²) in [6.07, 6.45) is 6.49. The van der Waals surface area contributed by atoms with Gasteiger partial charge in [-0.05, 0) is 42.9 Å². The fourth-order valence-electron chi connectivity index (χ4n) is 4.15. The van der Waals surface area contributed by atoms with E-state index in [4.69, 9.17) is 0 Å². The van der Waals surface area contributed by atoms with Gasteiger partial charge < -0.3 is 9.90 Å². The van der Waals surface area contributed by atoms with Gasteiger partial charge in [0.1, 0.15) is 6.29 Å². The largest absolute Gasteiger partial charge is 0.393 e. The zero-order chi connectivity index (χ0) is 11.1. The third kappa shape index (κ3) is 6.12.